The number of aromatic hydroxyl groups is 1. The Labute approximate surface area is 151 Å². The second kappa shape index (κ2) is 8.31. The lowest BCUT2D eigenvalue weighted by molar-refractivity contribution is -0.136. The van der Waals surface area contributed by atoms with E-state index >= 15 is 0 Å². The van der Waals surface area contributed by atoms with Gasteiger partial charge in [-0.3, -0.25) is 9.36 Å². The summed E-state index contributed by atoms with van der Waals surface area (Å²) in [5.74, 6) is -1.71. The summed E-state index contributed by atoms with van der Waals surface area (Å²) in [4.78, 5) is 24.4. The van der Waals surface area contributed by atoms with Crippen LogP contribution < -0.4 is 20.1 Å². The molecule has 0 unspecified atom stereocenters. The number of aromatic nitrogens is 1. The van der Waals surface area contributed by atoms with Gasteiger partial charge < -0.3 is 15.2 Å². The van der Waals surface area contributed by atoms with E-state index in [1.165, 1.54) is 22.9 Å². The van der Waals surface area contributed by atoms with Gasteiger partial charge in [0.25, 0.3) is 5.56 Å². The molecule has 9 heteroatoms. The average molecular weight is 377 g/mol. The van der Waals surface area contributed by atoms with Crippen LogP contribution in [0.1, 0.15) is 13.8 Å². The van der Waals surface area contributed by atoms with Gasteiger partial charge in [0.2, 0.25) is 0 Å². The number of thiazole rings is 1. The number of hydrogen-bond acceptors (Lipinski definition) is 7. The number of hydrogen-bond donors (Lipinski definition) is 2. The number of carbonyl (C=O) groups is 1. The van der Waals surface area contributed by atoms with Crippen LogP contribution in [0.15, 0.2) is 23.0 Å². The predicted octanol–water partition coefficient (Wildman–Crippen LogP) is 0.862. The topological polar surface area (TPSA) is 104 Å². The van der Waals surface area contributed by atoms with Crippen molar-refractivity contribution in [2.75, 3.05) is 11.9 Å². The third-order valence-electron chi connectivity index (χ3n) is 3.34. The van der Waals surface area contributed by atoms with E-state index in [9.17, 15) is 24.3 Å². The fourth-order valence-corrected chi connectivity index (χ4v) is 3.22. The lowest BCUT2D eigenvalue weighted by Gasteiger charge is -2.01. The summed E-state index contributed by atoms with van der Waals surface area (Å²) in [5, 5.41) is 21.1. The van der Waals surface area contributed by atoms with Crippen LogP contribution in [-0.4, -0.2) is 22.2 Å². The largest absolute Gasteiger partial charge is 0.508 e. The maximum atomic E-state index is 13.7. The SMILES string of the molecule is CCOC(=O)/C(C#N)=c1/s/c(=C/Nc2ccc(O)cc2F)c(=O)n1CC. The van der Waals surface area contributed by atoms with Gasteiger partial charge in [0.05, 0.1) is 12.3 Å². The molecule has 0 aliphatic carbocycles. The quantitative estimate of drug-likeness (QED) is 0.592. The maximum absolute atomic E-state index is 13.7. The Morgan fingerprint density at radius 2 is 2.23 bits per heavy atom. The van der Waals surface area contributed by atoms with Crippen LogP contribution in [0.4, 0.5) is 10.1 Å². The number of phenols is 1. The lowest BCUT2D eigenvalue weighted by atomic mass is 10.3. The van der Waals surface area contributed by atoms with Gasteiger partial charge in [0, 0.05) is 18.8 Å². The monoisotopic (exact) mass is 377 g/mol. The first-order valence-corrected chi connectivity index (χ1v) is 8.51. The minimum absolute atomic E-state index is 0.0649. The highest BCUT2D eigenvalue weighted by Crippen LogP contribution is 2.19. The second-order valence-corrected chi connectivity index (χ2v) is 6.01. The summed E-state index contributed by atoms with van der Waals surface area (Å²) < 4.78 is 20.2. The molecule has 2 aromatic rings. The summed E-state index contributed by atoms with van der Waals surface area (Å²) >= 11 is 0.926. The molecule has 0 saturated carbocycles. The Balaban J connectivity index is 2.59. The van der Waals surface area contributed by atoms with Crippen molar-refractivity contribution < 1.29 is 19.0 Å². The zero-order valence-electron chi connectivity index (χ0n) is 14.1. The van der Waals surface area contributed by atoms with E-state index in [1.54, 1.807) is 19.9 Å². The smallest absolute Gasteiger partial charge is 0.351 e. The molecule has 1 heterocycles. The molecule has 136 valence electrons. The average Bonchev–Trinajstić information content (AvgIpc) is 2.90. The molecule has 0 bridgehead atoms. The van der Waals surface area contributed by atoms with Crippen molar-refractivity contribution in [1.82, 2.24) is 4.57 Å². The summed E-state index contributed by atoms with van der Waals surface area (Å²) in [7, 11) is 0. The fourth-order valence-electron chi connectivity index (χ4n) is 2.14. The van der Waals surface area contributed by atoms with Gasteiger partial charge in [-0.1, -0.05) is 0 Å². The molecule has 0 spiro atoms. The highest BCUT2D eigenvalue weighted by molar-refractivity contribution is 7.07. The Bertz CT molecular complexity index is 1050. The Kier molecular flexibility index (Phi) is 6.14. The molecule has 0 radical (unpaired) electrons. The van der Waals surface area contributed by atoms with Gasteiger partial charge in [-0.05, 0) is 26.0 Å². The van der Waals surface area contributed by atoms with E-state index in [2.05, 4.69) is 5.32 Å². The molecule has 0 aliphatic rings. The van der Waals surface area contributed by atoms with Gasteiger partial charge in [0.1, 0.15) is 26.8 Å². The Morgan fingerprint density at radius 3 is 2.81 bits per heavy atom. The van der Waals surface area contributed by atoms with Crippen LogP contribution in [-0.2, 0) is 16.1 Å². The third-order valence-corrected chi connectivity index (χ3v) is 4.47. The zero-order valence-corrected chi connectivity index (χ0v) is 14.9. The number of anilines is 1. The summed E-state index contributed by atoms with van der Waals surface area (Å²) in [5.41, 5.74) is -0.613. The number of carbonyl (C=O) groups excluding carboxylic acids is 1. The van der Waals surface area contributed by atoms with E-state index in [4.69, 9.17) is 4.74 Å². The first-order valence-electron chi connectivity index (χ1n) is 7.69. The van der Waals surface area contributed by atoms with E-state index in [-0.39, 0.29) is 39.4 Å². The standard InChI is InChI=1S/C17H16FN3O4S/c1-3-21-15(23)14(9-20-13-6-5-10(22)7-12(13)18)26-16(21)11(8-19)17(24)25-4-2/h5-7,9,20,22H,3-4H2,1-2H3/b14-9+,16-11+. The number of ether oxygens (including phenoxy) is 1. The number of esters is 1. The van der Waals surface area contributed by atoms with E-state index in [0.29, 0.717) is 0 Å². The van der Waals surface area contributed by atoms with Crippen LogP contribution in [0.25, 0.3) is 11.8 Å². The van der Waals surface area contributed by atoms with Crippen molar-refractivity contribution in [3.8, 4) is 11.8 Å². The molecule has 26 heavy (non-hydrogen) atoms. The number of nitriles is 1. The Morgan fingerprint density at radius 1 is 1.50 bits per heavy atom. The molecule has 2 rings (SSSR count). The molecule has 0 aliphatic heterocycles. The van der Waals surface area contributed by atoms with Gasteiger partial charge in [-0.15, -0.1) is 11.3 Å². The highest BCUT2D eigenvalue weighted by Gasteiger charge is 2.16. The molecule has 0 atom stereocenters. The van der Waals surface area contributed by atoms with Crippen LogP contribution in [0.3, 0.4) is 0 Å². The molecular weight excluding hydrogens is 361 g/mol. The minimum atomic E-state index is -0.803. The number of phenolic OH excluding ortho intramolecular Hbond substituents is 1. The number of nitrogens with zero attached hydrogens (tertiary/aromatic N) is 2. The number of halogens is 1. The van der Waals surface area contributed by atoms with E-state index < -0.39 is 17.3 Å². The van der Waals surface area contributed by atoms with Crippen molar-refractivity contribution in [2.45, 2.75) is 20.4 Å². The van der Waals surface area contributed by atoms with Gasteiger partial charge in [0.15, 0.2) is 5.57 Å². The van der Waals surface area contributed by atoms with E-state index in [0.717, 1.165) is 17.4 Å². The van der Waals surface area contributed by atoms with Gasteiger partial charge in [-0.2, -0.15) is 5.26 Å². The lowest BCUT2D eigenvalue weighted by Crippen LogP contribution is -2.32. The molecule has 1 aromatic carbocycles. The molecular formula is C17H16FN3O4S. The number of benzene rings is 1. The third kappa shape index (κ3) is 3.92. The fraction of sp³-hybridized carbons (Fsp3) is 0.235. The normalized spacial score (nSPS) is 12.5. The molecule has 7 nitrogen and oxygen atoms in total. The molecule has 0 saturated heterocycles. The van der Waals surface area contributed by atoms with Crippen molar-refractivity contribution in [3.05, 3.63) is 43.6 Å². The van der Waals surface area contributed by atoms with Crippen LogP contribution >= 0.6 is 11.3 Å². The first-order chi connectivity index (χ1) is 12.4. The minimum Gasteiger partial charge on any atom is -0.508 e. The number of nitrogens with one attached hydrogen (secondary N) is 1. The molecule has 2 N–H and O–H groups in total. The van der Waals surface area contributed by atoms with Crippen LogP contribution in [0, 0.1) is 17.1 Å². The highest BCUT2D eigenvalue weighted by atomic mass is 32.1. The van der Waals surface area contributed by atoms with Crippen LogP contribution in [0.5, 0.6) is 5.75 Å². The summed E-state index contributed by atoms with van der Waals surface area (Å²) in [6.07, 6.45) is 1.29. The second-order valence-electron chi connectivity index (χ2n) is 4.98. The summed E-state index contributed by atoms with van der Waals surface area (Å²) in [6, 6.07) is 5.33. The van der Waals surface area contributed by atoms with Gasteiger partial charge >= 0.3 is 5.97 Å². The molecule has 0 amide bonds. The van der Waals surface area contributed by atoms with Gasteiger partial charge in [-0.25, -0.2) is 9.18 Å². The van der Waals surface area contributed by atoms with Crippen molar-refractivity contribution in [2.24, 2.45) is 0 Å². The zero-order chi connectivity index (χ0) is 19.3. The van der Waals surface area contributed by atoms with Crippen molar-refractivity contribution in [1.29, 1.82) is 5.26 Å². The Hall–Kier alpha value is -3.12. The van der Waals surface area contributed by atoms with Crippen molar-refractivity contribution >= 4 is 34.8 Å². The molecule has 1 aromatic heterocycles. The summed E-state index contributed by atoms with van der Waals surface area (Å²) in [6.45, 7) is 3.67. The number of rotatable bonds is 5. The molecule has 0 fully saturated rings. The first kappa shape index (κ1) is 19.2. The van der Waals surface area contributed by atoms with E-state index in [1.807, 2.05) is 0 Å². The van der Waals surface area contributed by atoms with Crippen LogP contribution in [0.2, 0.25) is 0 Å². The van der Waals surface area contributed by atoms with Crippen molar-refractivity contribution in [3.63, 3.8) is 0 Å². The predicted molar refractivity (Wildman–Crippen MR) is 95.3 cm³/mol. The maximum Gasteiger partial charge on any atom is 0.351 e.